The highest BCUT2D eigenvalue weighted by atomic mass is 19.1. The van der Waals surface area contributed by atoms with E-state index in [1.807, 2.05) is 0 Å². The van der Waals surface area contributed by atoms with E-state index in [1.54, 1.807) is 13.8 Å². The first-order valence-electron chi connectivity index (χ1n) is 9.84. The summed E-state index contributed by atoms with van der Waals surface area (Å²) >= 11 is 0. The Balaban J connectivity index is 1.85. The number of anilines is 1. The molecular formula is C22H20F3N5O3. The number of halogens is 3. The summed E-state index contributed by atoms with van der Waals surface area (Å²) in [4.78, 5) is 8.50. The van der Waals surface area contributed by atoms with Gasteiger partial charge in [-0.15, -0.1) is 0 Å². The lowest BCUT2D eigenvalue weighted by atomic mass is 10.1. The van der Waals surface area contributed by atoms with Gasteiger partial charge in [-0.05, 0) is 44.2 Å². The van der Waals surface area contributed by atoms with Crippen LogP contribution in [0.2, 0.25) is 0 Å². The van der Waals surface area contributed by atoms with Crippen LogP contribution >= 0.6 is 0 Å². The monoisotopic (exact) mass is 459 g/mol. The predicted molar refractivity (Wildman–Crippen MR) is 115 cm³/mol. The Morgan fingerprint density at radius 1 is 1.03 bits per heavy atom. The third-order valence-electron chi connectivity index (χ3n) is 4.60. The molecule has 4 rings (SSSR count). The Kier molecular flexibility index (Phi) is 5.81. The molecule has 33 heavy (non-hydrogen) atoms. The molecule has 3 N–H and O–H groups in total. The quantitative estimate of drug-likeness (QED) is 0.376. The zero-order valence-electron chi connectivity index (χ0n) is 17.9. The minimum Gasteiger partial charge on any atom is -0.496 e. The van der Waals surface area contributed by atoms with Gasteiger partial charge in [0.1, 0.15) is 28.9 Å². The highest BCUT2D eigenvalue weighted by Crippen LogP contribution is 2.37. The van der Waals surface area contributed by atoms with Crippen LogP contribution < -0.4 is 14.8 Å². The van der Waals surface area contributed by atoms with Gasteiger partial charge in [-0.3, -0.25) is 5.10 Å². The van der Waals surface area contributed by atoms with Crippen molar-refractivity contribution >= 4 is 16.9 Å². The van der Waals surface area contributed by atoms with Gasteiger partial charge in [-0.25, -0.2) is 13.2 Å². The van der Waals surface area contributed by atoms with Crippen LogP contribution in [0.5, 0.6) is 17.5 Å². The van der Waals surface area contributed by atoms with E-state index in [1.165, 1.54) is 25.3 Å². The molecule has 0 amide bonds. The lowest BCUT2D eigenvalue weighted by molar-refractivity contribution is 0.0944. The zero-order chi connectivity index (χ0) is 23.8. The van der Waals surface area contributed by atoms with Crippen LogP contribution in [0.4, 0.5) is 19.0 Å². The Morgan fingerprint density at radius 3 is 2.39 bits per heavy atom. The smallest absolute Gasteiger partial charge is 0.326 e. The number of aromatic amines is 1. The number of hydrogen-bond acceptors (Lipinski definition) is 7. The van der Waals surface area contributed by atoms with Crippen molar-refractivity contribution in [2.45, 2.75) is 19.4 Å². The highest BCUT2D eigenvalue weighted by Gasteiger charge is 2.22. The average Bonchev–Trinajstić information content (AvgIpc) is 3.17. The fraction of sp³-hybridized carbons (Fsp3) is 0.227. The van der Waals surface area contributed by atoms with Crippen molar-refractivity contribution in [3.8, 4) is 28.8 Å². The van der Waals surface area contributed by atoms with Crippen molar-refractivity contribution in [3.05, 3.63) is 53.8 Å². The minimum atomic E-state index is -1.11. The molecule has 0 atom stereocenters. The van der Waals surface area contributed by atoms with Crippen LogP contribution in [0.3, 0.4) is 0 Å². The summed E-state index contributed by atoms with van der Waals surface area (Å²) < 4.78 is 52.0. The lowest BCUT2D eigenvalue weighted by Gasteiger charge is -2.19. The summed E-state index contributed by atoms with van der Waals surface area (Å²) in [7, 11) is 1.44. The predicted octanol–water partition coefficient (Wildman–Crippen LogP) is 4.42. The molecule has 0 saturated heterocycles. The number of aliphatic hydroxyl groups is 1. The number of nitrogens with one attached hydrogen (secondary N) is 2. The number of benzene rings is 2. The Labute approximate surface area is 186 Å². The van der Waals surface area contributed by atoms with Crippen LogP contribution in [0.1, 0.15) is 13.8 Å². The number of fused-ring (bicyclic) bond motifs is 1. The number of H-pyrrole nitrogens is 1. The van der Waals surface area contributed by atoms with Gasteiger partial charge < -0.3 is 19.9 Å². The van der Waals surface area contributed by atoms with Crippen molar-refractivity contribution in [1.82, 2.24) is 20.2 Å². The normalized spacial score (nSPS) is 11.6. The molecule has 0 aliphatic rings. The summed E-state index contributed by atoms with van der Waals surface area (Å²) in [6.07, 6.45) is 0. The zero-order valence-corrected chi connectivity index (χ0v) is 17.9. The molecule has 0 saturated carbocycles. The topological polar surface area (TPSA) is 105 Å². The number of rotatable bonds is 7. The number of hydrogen-bond donors (Lipinski definition) is 3. The van der Waals surface area contributed by atoms with Gasteiger partial charge in [-0.2, -0.15) is 15.1 Å². The first kappa shape index (κ1) is 22.3. The number of nitrogens with zero attached hydrogens (tertiary/aromatic N) is 3. The average molecular weight is 459 g/mol. The maximum atomic E-state index is 14.1. The summed E-state index contributed by atoms with van der Waals surface area (Å²) in [6.45, 7) is 3.26. The van der Waals surface area contributed by atoms with Gasteiger partial charge in [0.25, 0.3) is 0 Å². The van der Waals surface area contributed by atoms with E-state index >= 15 is 0 Å². The van der Waals surface area contributed by atoms with Crippen LogP contribution in [0.25, 0.3) is 22.3 Å². The molecule has 11 heteroatoms. The molecule has 4 aromatic rings. The largest absolute Gasteiger partial charge is 0.496 e. The molecule has 0 aliphatic heterocycles. The second kappa shape index (κ2) is 8.58. The van der Waals surface area contributed by atoms with Gasteiger partial charge in [-0.1, -0.05) is 0 Å². The van der Waals surface area contributed by atoms with E-state index in [9.17, 15) is 18.3 Å². The number of methoxy groups -OCH3 is 1. The summed E-state index contributed by atoms with van der Waals surface area (Å²) in [5.74, 6) is -1.91. The highest BCUT2D eigenvalue weighted by molar-refractivity contribution is 6.00. The molecule has 0 bridgehead atoms. The van der Waals surface area contributed by atoms with Gasteiger partial charge in [0.2, 0.25) is 0 Å². The number of ether oxygens (including phenoxy) is 2. The molecule has 0 radical (unpaired) electrons. The van der Waals surface area contributed by atoms with Crippen LogP contribution in [-0.2, 0) is 0 Å². The minimum absolute atomic E-state index is 0.0777. The van der Waals surface area contributed by atoms with Crippen molar-refractivity contribution in [2.75, 3.05) is 19.0 Å². The maximum absolute atomic E-state index is 14.1. The van der Waals surface area contributed by atoms with Crippen molar-refractivity contribution < 1.29 is 27.8 Å². The second-order valence-corrected chi connectivity index (χ2v) is 7.84. The van der Waals surface area contributed by atoms with E-state index in [4.69, 9.17) is 9.47 Å². The molecule has 0 spiro atoms. The Hall–Kier alpha value is -3.86. The molecule has 2 heterocycles. The van der Waals surface area contributed by atoms with E-state index < -0.39 is 23.1 Å². The second-order valence-electron chi connectivity index (χ2n) is 7.84. The van der Waals surface area contributed by atoms with Crippen LogP contribution in [0, 0.1) is 17.5 Å². The molecule has 2 aromatic carbocycles. The Morgan fingerprint density at radius 2 is 1.73 bits per heavy atom. The Bertz CT molecular complexity index is 1320. The van der Waals surface area contributed by atoms with Crippen molar-refractivity contribution in [3.63, 3.8) is 0 Å². The molecule has 0 fully saturated rings. The summed E-state index contributed by atoms with van der Waals surface area (Å²) in [5, 5.41) is 20.5. The first-order valence-corrected chi connectivity index (χ1v) is 9.84. The van der Waals surface area contributed by atoms with E-state index in [-0.39, 0.29) is 29.8 Å². The number of aromatic nitrogens is 4. The molecule has 0 unspecified atom stereocenters. The lowest BCUT2D eigenvalue weighted by Crippen LogP contribution is -2.29. The molecule has 2 aromatic heterocycles. The first-order chi connectivity index (χ1) is 15.6. The molecule has 8 nitrogen and oxygen atoms in total. The molecule has 0 aliphatic carbocycles. The van der Waals surface area contributed by atoms with Crippen LogP contribution in [-0.4, -0.2) is 44.5 Å². The molecular weight excluding hydrogens is 439 g/mol. The van der Waals surface area contributed by atoms with Gasteiger partial charge in [0, 0.05) is 18.2 Å². The maximum Gasteiger partial charge on any atom is 0.326 e. The fourth-order valence-corrected chi connectivity index (χ4v) is 3.10. The van der Waals surface area contributed by atoms with Crippen molar-refractivity contribution in [1.29, 1.82) is 0 Å². The van der Waals surface area contributed by atoms with E-state index in [0.717, 1.165) is 12.1 Å². The van der Waals surface area contributed by atoms with E-state index in [0.29, 0.717) is 28.5 Å². The fourth-order valence-electron chi connectivity index (χ4n) is 3.10. The standard InChI is InChI=1S/C22H20F3N5O3/c1-22(2,31)10-26-19-17-18(13-8-11(23)4-6-15(13)32-3)29-30-20(17)28-21(27-19)33-16-7-5-12(24)9-14(16)25/h4-9,31H,10H2,1-3H3,(H2,26,27,28,29,30). The van der Waals surface area contributed by atoms with Gasteiger partial charge >= 0.3 is 6.01 Å². The van der Waals surface area contributed by atoms with Crippen molar-refractivity contribution in [2.24, 2.45) is 0 Å². The van der Waals surface area contributed by atoms with E-state index in [2.05, 4.69) is 25.5 Å². The third-order valence-corrected chi connectivity index (χ3v) is 4.60. The summed E-state index contributed by atoms with van der Waals surface area (Å²) in [5.41, 5.74) is -0.278. The third kappa shape index (κ3) is 4.82. The van der Waals surface area contributed by atoms with Gasteiger partial charge in [0.15, 0.2) is 17.2 Å². The SMILES string of the molecule is COc1ccc(F)cc1-c1n[nH]c2nc(Oc3ccc(F)cc3F)nc(NCC(C)(C)O)c12. The van der Waals surface area contributed by atoms with Gasteiger partial charge in [0.05, 0.1) is 18.1 Å². The van der Waals surface area contributed by atoms with Crippen LogP contribution in [0.15, 0.2) is 36.4 Å². The summed E-state index contributed by atoms with van der Waals surface area (Å²) in [6, 6.07) is 6.54. The molecule has 172 valence electrons.